The number of fused-ring (bicyclic) bond motifs is 1. The molecule has 3 aromatic rings. The van der Waals surface area contributed by atoms with Gasteiger partial charge in [0, 0.05) is 30.2 Å². The van der Waals surface area contributed by atoms with Gasteiger partial charge in [-0.1, -0.05) is 6.92 Å². The first-order chi connectivity index (χ1) is 14.2. The van der Waals surface area contributed by atoms with Gasteiger partial charge in [0.1, 0.15) is 5.75 Å². The molecule has 5 nitrogen and oxygen atoms in total. The number of phenols is 1. The second kappa shape index (κ2) is 7.91. The molecule has 2 aromatic heterocycles. The summed E-state index contributed by atoms with van der Waals surface area (Å²) in [6.45, 7) is 7.79. The summed E-state index contributed by atoms with van der Waals surface area (Å²) in [4.78, 5) is 6.97. The molecule has 0 amide bonds. The van der Waals surface area contributed by atoms with Gasteiger partial charge in [0.05, 0.1) is 11.3 Å². The summed E-state index contributed by atoms with van der Waals surface area (Å²) in [7, 11) is 0. The van der Waals surface area contributed by atoms with E-state index in [1.165, 1.54) is 19.8 Å². The molecule has 4 rings (SSSR count). The number of alkyl halides is 3. The zero-order valence-electron chi connectivity index (χ0n) is 17.1. The maximum absolute atomic E-state index is 13.0. The van der Waals surface area contributed by atoms with Gasteiger partial charge in [-0.25, -0.2) is 4.98 Å². The van der Waals surface area contributed by atoms with Crippen LogP contribution in [0.2, 0.25) is 0 Å². The second-order valence-electron chi connectivity index (χ2n) is 8.05. The predicted octanol–water partition coefficient (Wildman–Crippen LogP) is 4.86. The Morgan fingerprint density at radius 2 is 2.03 bits per heavy atom. The highest BCUT2D eigenvalue weighted by Crippen LogP contribution is 2.38. The molecule has 1 aromatic carbocycles. The first-order valence-electron chi connectivity index (χ1n) is 10.2. The van der Waals surface area contributed by atoms with Gasteiger partial charge in [-0.2, -0.15) is 18.3 Å². The van der Waals surface area contributed by atoms with E-state index in [0.29, 0.717) is 28.4 Å². The molecule has 0 saturated carbocycles. The fourth-order valence-electron chi connectivity index (χ4n) is 4.30. The van der Waals surface area contributed by atoms with Crippen molar-refractivity contribution in [3.05, 3.63) is 41.6 Å². The van der Waals surface area contributed by atoms with Crippen LogP contribution in [0.3, 0.4) is 0 Å². The Kier molecular flexibility index (Phi) is 5.44. The van der Waals surface area contributed by atoms with Gasteiger partial charge in [-0.3, -0.25) is 4.68 Å². The molecule has 0 bridgehead atoms. The molecule has 1 unspecified atom stereocenters. The average molecular weight is 418 g/mol. The van der Waals surface area contributed by atoms with Crippen molar-refractivity contribution in [3.8, 4) is 17.0 Å². The zero-order valence-corrected chi connectivity index (χ0v) is 17.1. The van der Waals surface area contributed by atoms with E-state index in [1.54, 1.807) is 6.07 Å². The Hall–Kier alpha value is -2.61. The lowest BCUT2D eigenvalue weighted by Crippen LogP contribution is -2.36. The molecule has 1 aliphatic rings. The summed E-state index contributed by atoms with van der Waals surface area (Å²) in [5.74, 6) is 0.101. The molecule has 1 saturated heterocycles. The zero-order chi connectivity index (χ0) is 21.5. The molecule has 1 aliphatic heterocycles. The van der Waals surface area contributed by atoms with Crippen molar-refractivity contribution in [1.29, 1.82) is 0 Å². The van der Waals surface area contributed by atoms with Gasteiger partial charge < -0.3 is 10.0 Å². The number of halogens is 3. The molecular weight excluding hydrogens is 393 g/mol. The standard InChI is InChI=1S/C22H25F3N4O/c1-3-28-8-4-5-15(11-28)12-29-13-16-6-7-18(26-21(16)27-29)20-14(2)9-17(10-19(20)30)22(23,24)25/h6-7,9-10,13,15,30H,3-5,8,11-12H2,1-2H3. The Labute approximate surface area is 173 Å². The SMILES string of the molecule is CCN1CCCC(Cn2cc3ccc(-c4c(C)cc(C(F)(F)F)cc4O)nc3n2)C1. The molecule has 0 radical (unpaired) electrons. The third-order valence-corrected chi connectivity index (χ3v) is 5.81. The number of likely N-dealkylation sites (tertiary alicyclic amines) is 1. The molecule has 1 atom stereocenters. The van der Waals surface area contributed by atoms with E-state index < -0.39 is 17.5 Å². The Balaban J connectivity index is 1.62. The number of nitrogens with zero attached hydrogens (tertiary/aromatic N) is 4. The minimum absolute atomic E-state index is 0.297. The van der Waals surface area contributed by atoms with Crippen molar-refractivity contribution in [1.82, 2.24) is 19.7 Å². The lowest BCUT2D eigenvalue weighted by atomic mass is 9.98. The maximum atomic E-state index is 13.0. The molecule has 0 aliphatic carbocycles. The molecular formula is C22H25F3N4O. The summed E-state index contributed by atoms with van der Waals surface area (Å²) in [6, 6.07) is 5.33. The summed E-state index contributed by atoms with van der Waals surface area (Å²) in [5, 5.41) is 15.7. The first kappa shape index (κ1) is 20.7. The summed E-state index contributed by atoms with van der Waals surface area (Å²) >= 11 is 0. The van der Waals surface area contributed by atoms with Gasteiger partial charge in [0.2, 0.25) is 0 Å². The van der Waals surface area contributed by atoms with Crippen LogP contribution in [0.5, 0.6) is 5.75 Å². The topological polar surface area (TPSA) is 54.2 Å². The quantitative estimate of drug-likeness (QED) is 0.657. The van der Waals surface area contributed by atoms with Crippen LogP contribution < -0.4 is 0 Å². The monoisotopic (exact) mass is 418 g/mol. The molecule has 0 spiro atoms. The van der Waals surface area contributed by atoms with Crippen LogP contribution in [0.4, 0.5) is 13.2 Å². The van der Waals surface area contributed by atoms with E-state index in [-0.39, 0.29) is 0 Å². The van der Waals surface area contributed by atoms with Crippen molar-refractivity contribution >= 4 is 11.0 Å². The van der Waals surface area contributed by atoms with Gasteiger partial charge in [0.15, 0.2) is 5.65 Å². The number of aromatic nitrogens is 3. The van der Waals surface area contributed by atoms with Crippen molar-refractivity contribution in [3.63, 3.8) is 0 Å². The second-order valence-corrected chi connectivity index (χ2v) is 8.05. The lowest BCUT2D eigenvalue weighted by molar-refractivity contribution is -0.137. The number of rotatable bonds is 4. The van der Waals surface area contributed by atoms with E-state index in [9.17, 15) is 18.3 Å². The van der Waals surface area contributed by atoms with E-state index in [0.717, 1.165) is 43.7 Å². The minimum Gasteiger partial charge on any atom is -0.507 e. The summed E-state index contributed by atoms with van der Waals surface area (Å²) in [6.07, 6.45) is -0.196. The molecule has 1 fully saturated rings. The Morgan fingerprint density at radius 3 is 2.73 bits per heavy atom. The predicted molar refractivity (Wildman–Crippen MR) is 109 cm³/mol. The molecule has 1 N–H and O–H groups in total. The lowest BCUT2D eigenvalue weighted by Gasteiger charge is -2.31. The number of aromatic hydroxyl groups is 1. The fraction of sp³-hybridized carbons (Fsp3) is 0.455. The summed E-state index contributed by atoms with van der Waals surface area (Å²) < 4.78 is 40.9. The number of pyridine rings is 1. The summed E-state index contributed by atoms with van der Waals surface area (Å²) in [5.41, 5.74) is 0.668. The van der Waals surface area contributed by atoms with Crippen LogP contribution in [0.1, 0.15) is 30.9 Å². The number of aryl methyl sites for hydroxylation is 1. The number of phenolic OH excluding ortho intramolecular Hbond substituents is 1. The fourth-order valence-corrected chi connectivity index (χ4v) is 4.30. The van der Waals surface area contributed by atoms with Gasteiger partial charge in [-0.15, -0.1) is 0 Å². The van der Waals surface area contributed by atoms with E-state index in [2.05, 4.69) is 21.9 Å². The largest absolute Gasteiger partial charge is 0.507 e. The molecule has 160 valence electrons. The highest BCUT2D eigenvalue weighted by Gasteiger charge is 2.32. The number of hydrogen-bond donors (Lipinski definition) is 1. The smallest absolute Gasteiger partial charge is 0.416 e. The van der Waals surface area contributed by atoms with Crippen LogP contribution in [-0.2, 0) is 12.7 Å². The van der Waals surface area contributed by atoms with Gasteiger partial charge in [0.25, 0.3) is 0 Å². The number of hydrogen-bond acceptors (Lipinski definition) is 4. The van der Waals surface area contributed by atoms with Crippen molar-refractivity contribution in [2.24, 2.45) is 5.92 Å². The Bertz CT molecular complexity index is 1040. The van der Waals surface area contributed by atoms with Crippen LogP contribution >= 0.6 is 0 Å². The van der Waals surface area contributed by atoms with Crippen molar-refractivity contribution in [2.75, 3.05) is 19.6 Å². The molecule has 8 heteroatoms. The highest BCUT2D eigenvalue weighted by molar-refractivity contribution is 5.80. The van der Waals surface area contributed by atoms with Gasteiger partial charge >= 0.3 is 6.18 Å². The van der Waals surface area contributed by atoms with Crippen molar-refractivity contribution < 1.29 is 18.3 Å². The minimum atomic E-state index is -4.51. The van der Waals surface area contributed by atoms with Crippen LogP contribution in [0.25, 0.3) is 22.3 Å². The third-order valence-electron chi connectivity index (χ3n) is 5.81. The number of piperidine rings is 1. The normalized spacial score (nSPS) is 18.2. The van der Waals surface area contributed by atoms with Crippen LogP contribution in [0.15, 0.2) is 30.5 Å². The van der Waals surface area contributed by atoms with E-state index >= 15 is 0 Å². The van der Waals surface area contributed by atoms with Crippen LogP contribution in [-0.4, -0.2) is 44.4 Å². The highest BCUT2D eigenvalue weighted by atomic mass is 19.4. The molecule has 3 heterocycles. The maximum Gasteiger partial charge on any atom is 0.416 e. The molecule has 30 heavy (non-hydrogen) atoms. The van der Waals surface area contributed by atoms with E-state index in [1.807, 2.05) is 16.9 Å². The third kappa shape index (κ3) is 4.14. The van der Waals surface area contributed by atoms with E-state index in [4.69, 9.17) is 0 Å². The number of benzene rings is 1. The Morgan fingerprint density at radius 1 is 1.23 bits per heavy atom. The average Bonchev–Trinajstić information content (AvgIpc) is 3.08. The first-order valence-corrected chi connectivity index (χ1v) is 10.2. The van der Waals surface area contributed by atoms with Crippen molar-refractivity contribution in [2.45, 2.75) is 39.4 Å². The van der Waals surface area contributed by atoms with Gasteiger partial charge in [-0.05, 0) is 68.6 Å². The van der Waals surface area contributed by atoms with Crippen LogP contribution in [0, 0.1) is 12.8 Å².